The molecule has 0 spiro atoms. The molecule has 6 aliphatic rings. The normalized spacial score (nSPS) is 27.6. The predicted octanol–water partition coefficient (Wildman–Crippen LogP) is 5.88. The summed E-state index contributed by atoms with van der Waals surface area (Å²) >= 11 is 0. The number of likely N-dealkylation sites (N-methyl/N-ethyl adjacent to an activating group) is 6. The zero-order chi connectivity index (χ0) is 81.7. The van der Waals surface area contributed by atoms with Gasteiger partial charge in [0.1, 0.15) is 71.1 Å². The second-order valence-corrected chi connectivity index (χ2v) is 30.8. The molecule has 5 heterocycles. The number of alkyl halides is 6. The number of hydrogen-bond donors (Lipinski definition) is 3. The number of halogens is 8. The summed E-state index contributed by atoms with van der Waals surface area (Å²) in [6.07, 6.45) is -8.86. The molecule has 12 amide bonds. The van der Waals surface area contributed by atoms with Crippen LogP contribution in [-0.2, 0) is 92.2 Å². The average Bonchev–Trinajstić information content (AvgIpc) is 1.76. The lowest BCUT2D eigenvalue weighted by molar-refractivity contribution is -0.157. The minimum Gasteiger partial charge on any atom is -0.378 e. The number of nitrogens with one attached hydrogen (secondary N) is 3. The van der Waals surface area contributed by atoms with Crippen molar-refractivity contribution in [1.82, 2.24) is 60.0 Å². The number of amides is 12. The number of morpholine rings is 1. The van der Waals surface area contributed by atoms with Gasteiger partial charge in [0.25, 0.3) is 0 Å². The van der Waals surface area contributed by atoms with E-state index in [1.54, 1.807) is 20.8 Å². The molecule has 5 aliphatic heterocycles. The molecule has 1 saturated carbocycles. The van der Waals surface area contributed by atoms with E-state index in [1.807, 2.05) is 0 Å². The average molecular weight is 1580 g/mol. The summed E-state index contributed by atoms with van der Waals surface area (Å²) in [7, 11) is 7.96. The molecule has 111 heavy (non-hydrogen) atoms. The second-order valence-electron chi connectivity index (χ2n) is 30.8. The highest BCUT2D eigenvalue weighted by atomic mass is 19.4. The molecule has 616 valence electrons. The number of hydrogen-bond acceptors (Lipinski definition) is 14. The Kier molecular flexibility index (Phi) is 30.4. The summed E-state index contributed by atoms with van der Waals surface area (Å²) in [4.78, 5) is 194. The first-order chi connectivity index (χ1) is 52.3. The zero-order valence-electron chi connectivity index (χ0n) is 65.1. The van der Waals surface area contributed by atoms with E-state index >= 15 is 51.9 Å². The van der Waals surface area contributed by atoms with E-state index in [-0.39, 0.29) is 96.5 Å². The quantitative estimate of drug-likeness (QED) is 0.222. The van der Waals surface area contributed by atoms with Crippen LogP contribution in [-0.4, -0.2) is 276 Å². The van der Waals surface area contributed by atoms with Crippen molar-refractivity contribution >= 4 is 70.9 Å². The SMILES string of the molecule is CCO[C@@H]1C[C@H]2C(=O)N[C@@]3(C)CCCCCCC[C@@H](C(=O)N[C@@H]([C@@H](C)CC)C(=O)N(C)CC(=O)N(C)[C@H]4CCCCN(C4=O)[C@H](Cc4ccc(C(F)(F)F)cc4)C(=O)N(C)CC(=O)N[C@@H](CCc4cc(F)c(C(F)(F)F)c(F)c4)C(=O)N2C1)N(C)C(=O)C[C@@H](C(=O)N1CCOCC1)N(C)C(=O)[C@H](C1CCCC1)N(C)C3=O. The Balaban J connectivity index is 1.26. The van der Waals surface area contributed by atoms with E-state index in [0.29, 0.717) is 69.9 Å². The molecule has 8 rings (SSSR count). The molecule has 0 aromatic heterocycles. The molecule has 1 aliphatic carbocycles. The lowest BCUT2D eigenvalue weighted by Gasteiger charge is -2.42. The van der Waals surface area contributed by atoms with Gasteiger partial charge in [-0.25, -0.2) is 8.78 Å². The molecule has 5 saturated heterocycles. The number of fused-ring (bicyclic) bond motifs is 11. The Morgan fingerprint density at radius 2 is 1.22 bits per heavy atom. The van der Waals surface area contributed by atoms with Crippen LogP contribution in [0.25, 0.3) is 0 Å². The van der Waals surface area contributed by atoms with Crippen LogP contribution in [0.1, 0.15) is 166 Å². The Morgan fingerprint density at radius 3 is 1.84 bits per heavy atom. The first-order valence-electron chi connectivity index (χ1n) is 38.6. The number of nitrogens with zero attached hydrogens (tertiary/aromatic N) is 9. The highest BCUT2D eigenvalue weighted by Crippen LogP contribution is 2.37. The van der Waals surface area contributed by atoms with Crippen molar-refractivity contribution in [3.05, 3.63) is 70.3 Å². The minimum absolute atomic E-state index is 0.0157. The van der Waals surface area contributed by atoms with Crippen LogP contribution in [0.2, 0.25) is 0 Å². The lowest BCUT2D eigenvalue weighted by atomic mass is 9.88. The van der Waals surface area contributed by atoms with Crippen molar-refractivity contribution in [3.8, 4) is 0 Å². The Hall–Kier alpha value is -8.56. The van der Waals surface area contributed by atoms with Gasteiger partial charge in [0.15, 0.2) is 0 Å². The molecule has 2 aromatic carbocycles. The van der Waals surface area contributed by atoms with Crippen LogP contribution < -0.4 is 16.0 Å². The third kappa shape index (κ3) is 21.6. The molecule has 0 radical (unpaired) electrons. The maximum Gasteiger partial charge on any atom is 0.422 e. The predicted molar refractivity (Wildman–Crippen MR) is 387 cm³/mol. The van der Waals surface area contributed by atoms with Crippen LogP contribution in [0.4, 0.5) is 35.1 Å². The zero-order valence-corrected chi connectivity index (χ0v) is 65.1. The van der Waals surface area contributed by atoms with Gasteiger partial charge in [0, 0.05) is 87.9 Å². The van der Waals surface area contributed by atoms with Crippen molar-refractivity contribution in [3.63, 3.8) is 0 Å². The van der Waals surface area contributed by atoms with Crippen molar-refractivity contribution in [2.45, 2.75) is 228 Å². The van der Waals surface area contributed by atoms with Gasteiger partial charge in [-0.1, -0.05) is 77.3 Å². The highest BCUT2D eigenvalue weighted by Gasteiger charge is 2.51. The van der Waals surface area contributed by atoms with Crippen LogP contribution in [0, 0.1) is 23.5 Å². The van der Waals surface area contributed by atoms with Gasteiger partial charge in [0.05, 0.1) is 44.4 Å². The number of rotatable bonds is 11. The van der Waals surface area contributed by atoms with Crippen molar-refractivity contribution in [2.75, 3.05) is 101 Å². The van der Waals surface area contributed by atoms with Crippen molar-refractivity contribution in [2.24, 2.45) is 11.8 Å². The molecule has 11 atom stereocenters. The summed E-state index contributed by atoms with van der Waals surface area (Å²) < 4.78 is 126. The largest absolute Gasteiger partial charge is 0.422 e. The van der Waals surface area contributed by atoms with E-state index < -0.39 is 222 Å². The van der Waals surface area contributed by atoms with E-state index in [9.17, 15) is 40.7 Å². The first-order valence-corrected chi connectivity index (χ1v) is 38.6. The lowest BCUT2D eigenvalue weighted by Crippen LogP contribution is -2.65. The Morgan fingerprint density at radius 1 is 0.622 bits per heavy atom. The third-order valence-electron chi connectivity index (χ3n) is 23.0. The summed E-state index contributed by atoms with van der Waals surface area (Å²) in [5.41, 5.74) is -5.42. The van der Waals surface area contributed by atoms with Gasteiger partial charge in [-0.3, -0.25) is 57.5 Å². The van der Waals surface area contributed by atoms with Gasteiger partial charge in [-0.15, -0.1) is 0 Å². The fourth-order valence-corrected chi connectivity index (χ4v) is 16.2. The van der Waals surface area contributed by atoms with E-state index in [0.717, 1.165) is 60.7 Å². The van der Waals surface area contributed by atoms with Crippen LogP contribution in [0.3, 0.4) is 0 Å². The number of benzene rings is 2. The monoisotopic (exact) mass is 1580 g/mol. The maximum atomic E-state index is 15.9. The summed E-state index contributed by atoms with van der Waals surface area (Å²) in [5.74, 6) is -15.0. The van der Waals surface area contributed by atoms with Gasteiger partial charge < -0.3 is 69.5 Å². The number of carbonyl (C=O) groups excluding carboxylic acids is 12. The molecular formula is C77H108F8N12O14. The maximum absolute atomic E-state index is 15.9. The van der Waals surface area contributed by atoms with Gasteiger partial charge >= 0.3 is 12.4 Å². The number of carbonyl (C=O) groups is 12. The van der Waals surface area contributed by atoms with Gasteiger partial charge in [-0.05, 0) is 119 Å². The first kappa shape index (κ1) is 88.0. The molecule has 2 aromatic rings. The summed E-state index contributed by atoms with van der Waals surface area (Å²) in [6.45, 7) is 5.01. The number of ether oxygens (including phenoxy) is 2. The Labute approximate surface area is 642 Å². The minimum atomic E-state index is -5.46. The van der Waals surface area contributed by atoms with Crippen LogP contribution >= 0.6 is 0 Å². The molecule has 4 bridgehead atoms. The topological polar surface area (TPSA) is 289 Å². The molecule has 3 N–H and O–H groups in total. The Bertz CT molecular complexity index is 3670. The van der Waals surface area contributed by atoms with Gasteiger partial charge in [0.2, 0.25) is 70.9 Å². The molecular weight excluding hydrogens is 1470 g/mol. The smallest absolute Gasteiger partial charge is 0.378 e. The van der Waals surface area contributed by atoms with Crippen molar-refractivity contribution in [1.29, 1.82) is 0 Å². The molecule has 34 heteroatoms. The molecule has 26 nitrogen and oxygen atoms in total. The standard InChI is InChI=1S/C77H108F8N12O14/c1-11-46(3)64-72(107)90(6)45-62(100)92(8)56-25-19-21-33-96(71(56)106)59(40-47-26-29-50(30-27-47)76(80,81)82)69(104)89(5)44-60(98)86-54(31-28-48-38-52(78)63(53(79)39-48)77(83,84)85)68(103)97-43-51(111-12-2)41-57(97)67(102)88-75(4)32-20-15-13-14-16-24-55(66(101)87-64)91(7)61(99)42-58(70(105)95-34-36-110-37-35-95)93(9)73(108)65(94(10)74(75)109)49-22-17-18-23-49/h26-27,29-30,38-39,46,49,51,54-59,64-65H,11-25,28,31-37,40-45H2,1-10H3,(H,86,98)(H,87,101)(H,88,102)/t46-,51+,54-,55-,56-,57-,58-,59+,64-,65-,75-/m0/s1. The van der Waals surface area contributed by atoms with E-state index in [4.69, 9.17) is 9.47 Å². The summed E-state index contributed by atoms with van der Waals surface area (Å²) in [6, 6.07) is -7.22. The molecule has 0 unspecified atom stereocenters. The summed E-state index contributed by atoms with van der Waals surface area (Å²) in [5, 5.41) is 8.41. The second kappa shape index (κ2) is 38.3. The van der Waals surface area contributed by atoms with E-state index in [2.05, 4.69) is 16.0 Å². The fourth-order valence-electron chi connectivity index (χ4n) is 16.2. The van der Waals surface area contributed by atoms with Crippen LogP contribution in [0.15, 0.2) is 36.4 Å². The van der Waals surface area contributed by atoms with Crippen LogP contribution in [0.5, 0.6) is 0 Å². The third-order valence-corrected chi connectivity index (χ3v) is 23.0. The van der Waals surface area contributed by atoms with Crippen molar-refractivity contribution < 1.29 is 102 Å². The van der Waals surface area contributed by atoms with E-state index in [1.165, 1.54) is 56.9 Å². The number of aryl methyl sites for hydroxylation is 1. The molecule has 6 fully saturated rings. The fraction of sp³-hybridized carbons (Fsp3) is 0.688. The van der Waals surface area contributed by atoms with Gasteiger partial charge in [-0.2, -0.15) is 26.3 Å². The highest BCUT2D eigenvalue weighted by molar-refractivity contribution is 6.01.